The van der Waals surface area contributed by atoms with E-state index in [0.29, 0.717) is 23.8 Å². The number of nitrogens with zero attached hydrogens (tertiary/aromatic N) is 4. The summed E-state index contributed by atoms with van der Waals surface area (Å²) in [6.45, 7) is 3.95. The summed E-state index contributed by atoms with van der Waals surface area (Å²) >= 11 is 6.01. The van der Waals surface area contributed by atoms with Crippen LogP contribution in [0.5, 0.6) is 5.75 Å². The second-order valence-corrected chi connectivity index (χ2v) is 5.93. The first-order valence-corrected chi connectivity index (χ1v) is 7.58. The fourth-order valence-electron chi connectivity index (χ4n) is 2.88. The van der Waals surface area contributed by atoms with Gasteiger partial charge >= 0.3 is 0 Å². The molecule has 9 heteroatoms. The Kier molecular flexibility index (Phi) is 3.92. The zero-order valence-electron chi connectivity index (χ0n) is 13.5. The van der Waals surface area contributed by atoms with Crippen LogP contribution in [0.3, 0.4) is 0 Å². The summed E-state index contributed by atoms with van der Waals surface area (Å²) in [7, 11) is 1.52. The number of nitrogens with two attached hydrogens (primary N) is 1. The summed E-state index contributed by atoms with van der Waals surface area (Å²) in [5.74, 6) is 0.722. The van der Waals surface area contributed by atoms with E-state index in [1.807, 2.05) is 6.92 Å². The Morgan fingerprint density at radius 3 is 2.83 bits per heavy atom. The van der Waals surface area contributed by atoms with Crippen LogP contribution < -0.4 is 20.1 Å². The molecule has 3 rings (SSSR count). The lowest BCUT2D eigenvalue weighted by Crippen LogP contribution is -2.33. The summed E-state index contributed by atoms with van der Waals surface area (Å²) in [4.78, 5) is 21.9. The van der Waals surface area contributed by atoms with Crippen molar-refractivity contribution >= 4 is 29.2 Å². The van der Waals surface area contributed by atoms with E-state index in [0.717, 1.165) is 15.9 Å². The minimum atomic E-state index is -0.179. The maximum Gasteiger partial charge on any atom is 0.232 e. The Morgan fingerprint density at radius 2 is 2.17 bits per heavy atom. The van der Waals surface area contributed by atoms with E-state index < -0.39 is 0 Å². The molecule has 0 unspecified atom stereocenters. The maximum absolute atomic E-state index is 12.2. The third-order valence-corrected chi connectivity index (χ3v) is 4.37. The molecule has 0 atom stereocenters. The van der Waals surface area contributed by atoms with Crippen molar-refractivity contribution < 1.29 is 14.3 Å². The summed E-state index contributed by atoms with van der Waals surface area (Å²) in [5, 5.41) is 12.1. The van der Waals surface area contributed by atoms with Crippen LogP contribution >= 0.6 is 11.6 Å². The largest absolute Gasteiger partial charge is 0.618 e. The molecular formula is C15H16ClN5O3. The number of fused-ring (bicyclic) bond motifs is 1. The molecule has 0 spiro atoms. The number of Topliss-reactive ketones (excluding diaryl/α,β-unsaturated/α-hetero) is 1. The average molecular weight is 350 g/mol. The van der Waals surface area contributed by atoms with Gasteiger partial charge in [-0.1, -0.05) is 11.6 Å². The molecule has 0 saturated carbocycles. The molecule has 24 heavy (non-hydrogen) atoms. The van der Waals surface area contributed by atoms with Crippen molar-refractivity contribution in [3.8, 4) is 5.75 Å². The highest BCUT2D eigenvalue weighted by atomic mass is 35.5. The number of nitrogen functional groups attached to an aromatic ring is 1. The number of methoxy groups -OCH3 is 1. The van der Waals surface area contributed by atoms with Crippen LogP contribution in [-0.4, -0.2) is 29.4 Å². The minimum Gasteiger partial charge on any atom is -0.618 e. The zero-order chi connectivity index (χ0) is 17.6. The SMILES string of the molecule is COc1c(C)c(CN2CC(=O)c3c(Cl)nc(N)nc32)c[n+]([O-])c1C. The normalized spacial score (nSPS) is 13.3. The van der Waals surface area contributed by atoms with Crippen LogP contribution in [0.25, 0.3) is 0 Å². The number of hydrogen-bond acceptors (Lipinski definition) is 7. The molecule has 0 saturated heterocycles. The highest BCUT2D eigenvalue weighted by molar-refractivity contribution is 6.34. The molecule has 0 bridgehead atoms. The first-order valence-electron chi connectivity index (χ1n) is 7.20. The lowest BCUT2D eigenvalue weighted by molar-refractivity contribution is -0.613. The highest BCUT2D eigenvalue weighted by Crippen LogP contribution is 2.33. The Labute approximate surface area is 143 Å². The van der Waals surface area contributed by atoms with E-state index >= 15 is 0 Å². The summed E-state index contributed by atoms with van der Waals surface area (Å²) in [5.41, 5.74) is 7.93. The first kappa shape index (κ1) is 16.3. The number of carbonyl (C=O) groups is 1. The smallest absolute Gasteiger partial charge is 0.232 e. The van der Waals surface area contributed by atoms with E-state index in [1.165, 1.54) is 13.3 Å². The van der Waals surface area contributed by atoms with Crippen LogP contribution in [0.1, 0.15) is 27.2 Å². The van der Waals surface area contributed by atoms with E-state index in [9.17, 15) is 10.0 Å². The number of ketones is 1. The van der Waals surface area contributed by atoms with Crippen molar-refractivity contribution in [3.63, 3.8) is 0 Å². The van der Waals surface area contributed by atoms with Gasteiger partial charge in [0.05, 0.1) is 25.8 Å². The standard InChI is InChI=1S/C15H16ClN5O3/c1-7-9(5-21(23)8(2)12(7)24-3)4-20-6-10(22)11-13(16)18-15(17)19-14(11)20/h5H,4,6H2,1-3H3,(H2,17,18,19). The molecule has 0 fully saturated rings. The quantitative estimate of drug-likeness (QED) is 0.503. The minimum absolute atomic E-state index is 0.00412. The van der Waals surface area contributed by atoms with Gasteiger partial charge in [0, 0.05) is 18.1 Å². The fraction of sp³-hybridized carbons (Fsp3) is 0.333. The van der Waals surface area contributed by atoms with Gasteiger partial charge < -0.3 is 20.6 Å². The Morgan fingerprint density at radius 1 is 1.46 bits per heavy atom. The molecule has 1 aliphatic heterocycles. The third-order valence-electron chi connectivity index (χ3n) is 4.10. The van der Waals surface area contributed by atoms with Gasteiger partial charge in [0.25, 0.3) is 0 Å². The fourth-order valence-corrected chi connectivity index (χ4v) is 3.16. The second kappa shape index (κ2) is 5.79. The van der Waals surface area contributed by atoms with Crippen LogP contribution in [0.4, 0.5) is 11.8 Å². The van der Waals surface area contributed by atoms with Gasteiger partial charge in [-0.3, -0.25) is 4.79 Å². The molecule has 0 radical (unpaired) electrons. The van der Waals surface area contributed by atoms with Crippen molar-refractivity contribution in [1.82, 2.24) is 9.97 Å². The van der Waals surface area contributed by atoms with Crippen LogP contribution in [0.2, 0.25) is 5.15 Å². The number of anilines is 2. The van der Waals surface area contributed by atoms with Crippen molar-refractivity contribution in [2.24, 2.45) is 0 Å². The Bertz CT molecular complexity index is 856. The van der Waals surface area contributed by atoms with Gasteiger partial charge in [-0.05, 0) is 6.92 Å². The highest BCUT2D eigenvalue weighted by Gasteiger charge is 2.33. The number of aromatic nitrogens is 3. The first-order chi connectivity index (χ1) is 11.3. The molecule has 2 aromatic heterocycles. The van der Waals surface area contributed by atoms with Gasteiger partial charge in [-0.15, -0.1) is 0 Å². The zero-order valence-corrected chi connectivity index (χ0v) is 14.2. The second-order valence-electron chi connectivity index (χ2n) is 5.57. The number of ether oxygens (including phenoxy) is 1. The Balaban J connectivity index is 2.04. The summed E-state index contributed by atoms with van der Waals surface area (Å²) in [6.07, 6.45) is 1.47. The van der Waals surface area contributed by atoms with Gasteiger partial charge in [0.2, 0.25) is 11.6 Å². The third kappa shape index (κ3) is 2.48. The van der Waals surface area contributed by atoms with Gasteiger partial charge in [-0.2, -0.15) is 9.71 Å². The molecule has 8 nitrogen and oxygen atoms in total. The lowest BCUT2D eigenvalue weighted by Gasteiger charge is -2.20. The van der Waals surface area contributed by atoms with Crippen molar-refractivity contribution in [2.75, 3.05) is 24.3 Å². The average Bonchev–Trinajstić information content (AvgIpc) is 2.81. The molecule has 1 aliphatic rings. The predicted octanol–water partition coefficient (Wildman–Crippen LogP) is 1.17. The molecule has 2 N–H and O–H groups in total. The van der Waals surface area contributed by atoms with Crippen LogP contribution in [0, 0.1) is 19.1 Å². The van der Waals surface area contributed by atoms with E-state index in [1.54, 1.807) is 11.8 Å². The molecular weight excluding hydrogens is 334 g/mol. The van der Waals surface area contributed by atoms with Crippen molar-refractivity contribution in [2.45, 2.75) is 20.4 Å². The van der Waals surface area contributed by atoms with E-state index in [-0.39, 0.29) is 29.0 Å². The van der Waals surface area contributed by atoms with Crippen molar-refractivity contribution in [1.29, 1.82) is 0 Å². The number of halogens is 1. The number of carbonyl (C=O) groups excluding carboxylic acids is 1. The molecule has 3 heterocycles. The number of rotatable bonds is 3. The van der Waals surface area contributed by atoms with Crippen LogP contribution in [-0.2, 0) is 6.54 Å². The van der Waals surface area contributed by atoms with Crippen LogP contribution in [0.15, 0.2) is 6.20 Å². The van der Waals surface area contributed by atoms with E-state index in [2.05, 4.69) is 9.97 Å². The molecule has 126 valence electrons. The summed E-state index contributed by atoms with van der Waals surface area (Å²) < 4.78 is 6.07. The molecule has 2 aromatic rings. The maximum atomic E-state index is 12.2. The van der Waals surface area contributed by atoms with Gasteiger partial charge in [-0.25, -0.2) is 4.98 Å². The monoisotopic (exact) mass is 349 g/mol. The lowest BCUT2D eigenvalue weighted by atomic mass is 10.1. The van der Waals surface area contributed by atoms with E-state index in [4.69, 9.17) is 22.1 Å². The molecule has 0 amide bonds. The molecule has 0 aromatic carbocycles. The number of pyridine rings is 1. The predicted molar refractivity (Wildman–Crippen MR) is 88.3 cm³/mol. The molecule has 0 aliphatic carbocycles. The van der Waals surface area contributed by atoms with Gasteiger partial charge in [0.1, 0.15) is 11.0 Å². The summed E-state index contributed by atoms with van der Waals surface area (Å²) in [6, 6.07) is 0. The van der Waals surface area contributed by atoms with Gasteiger partial charge in [0.15, 0.2) is 17.7 Å². The van der Waals surface area contributed by atoms with Crippen molar-refractivity contribution in [3.05, 3.63) is 38.9 Å². The Hall–Kier alpha value is -2.61. The topological polar surface area (TPSA) is 108 Å². The number of hydrogen-bond donors (Lipinski definition) is 1.